The van der Waals surface area contributed by atoms with E-state index in [1.165, 1.54) is 21.1 Å². The van der Waals surface area contributed by atoms with Crippen molar-refractivity contribution in [3.63, 3.8) is 0 Å². The lowest BCUT2D eigenvalue weighted by Gasteiger charge is -2.43. The summed E-state index contributed by atoms with van der Waals surface area (Å²) in [7, 11) is 2.93. The van der Waals surface area contributed by atoms with Gasteiger partial charge >= 0.3 is 5.97 Å². The van der Waals surface area contributed by atoms with Gasteiger partial charge in [-0.05, 0) is 36.1 Å². The number of rotatable bonds is 6. The lowest BCUT2D eigenvalue weighted by atomic mass is 9.69. The van der Waals surface area contributed by atoms with Gasteiger partial charge in [0.15, 0.2) is 22.9 Å². The molecular weight excluding hydrogens is 388 g/mol. The van der Waals surface area contributed by atoms with Gasteiger partial charge in [0.05, 0.1) is 7.11 Å². The Balaban J connectivity index is 1.97. The normalized spacial score (nSPS) is 33.8. The highest BCUT2D eigenvalue weighted by Crippen LogP contribution is 2.65. The molecule has 0 aromatic heterocycles. The van der Waals surface area contributed by atoms with Gasteiger partial charge in [-0.2, -0.15) is 0 Å². The van der Waals surface area contributed by atoms with Gasteiger partial charge in [0.2, 0.25) is 12.6 Å². The van der Waals surface area contributed by atoms with Crippen LogP contribution in [0.3, 0.4) is 0 Å². The topological polar surface area (TPSA) is 80.3 Å². The number of allylic oxidation sites excluding steroid dienone is 1. The maximum atomic E-state index is 13.7. The second-order valence-electron chi connectivity index (χ2n) is 8.01. The zero-order valence-corrected chi connectivity index (χ0v) is 17.6. The van der Waals surface area contributed by atoms with Crippen molar-refractivity contribution in [2.24, 2.45) is 11.3 Å². The molecule has 7 heteroatoms. The van der Waals surface area contributed by atoms with Gasteiger partial charge in [-0.1, -0.05) is 19.1 Å². The second-order valence-corrected chi connectivity index (χ2v) is 8.01. The SMILES string of the molecule is C=CC[C@@]12C=C(OC)C(=O)[C@@](OC)([C@H](c3ccc4c(c3)OCO4)[C@H]1C)[C@@H]2OC(C)=O. The molecule has 1 fully saturated rings. The maximum Gasteiger partial charge on any atom is 0.303 e. The van der Waals surface area contributed by atoms with Crippen LogP contribution in [0.1, 0.15) is 31.7 Å². The number of ketones is 1. The number of hydrogen-bond donors (Lipinski definition) is 0. The number of hydrogen-bond acceptors (Lipinski definition) is 7. The molecule has 4 rings (SSSR count). The average Bonchev–Trinajstić information content (AvgIpc) is 3.24. The summed E-state index contributed by atoms with van der Waals surface area (Å²) < 4.78 is 28.3. The molecule has 1 aliphatic heterocycles. The van der Waals surface area contributed by atoms with Crippen LogP contribution >= 0.6 is 0 Å². The van der Waals surface area contributed by atoms with Crippen molar-refractivity contribution in [2.75, 3.05) is 21.0 Å². The van der Waals surface area contributed by atoms with Crippen molar-refractivity contribution in [2.45, 2.75) is 37.9 Å². The molecule has 160 valence electrons. The van der Waals surface area contributed by atoms with Crippen LogP contribution in [0.4, 0.5) is 0 Å². The van der Waals surface area contributed by atoms with Crippen LogP contribution in [0.5, 0.6) is 11.5 Å². The summed E-state index contributed by atoms with van der Waals surface area (Å²) in [5, 5.41) is 0. The lowest BCUT2D eigenvalue weighted by Crippen LogP contribution is -2.59. The third kappa shape index (κ3) is 2.54. The number of methoxy groups -OCH3 is 2. The maximum absolute atomic E-state index is 13.7. The van der Waals surface area contributed by atoms with E-state index in [4.69, 9.17) is 23.7 Å². The molecular formula is C23H26O7. The molecule has 2 bridgehead atoms. The van der Waals surface area contributed by atoms with Crippen molar-refractivity contribution in [1.82, 2.24) is 0 Å². The lowest BCUT2D eigenvalue weighted by molar-refractivity contribution is -0.181. The largest absolute Gasteiger partial charge is 0.493 e. The minimum Gasteiger partial charge on any atom is -0.493 e. The summed E-state index contributed by atoms with van der Waals surface area (Å²) in [5.74, 6) is 0.0902. The van der Waals surface area contributed by atoms with E-state index in [0.29, 0.717) is 17.9 Å². The quantitative estimate of drug-likeness (QED) is 0.523. The van der Waals surface area contributed by atoms with E-state index < -0.39 is 29.0 Å². The number of ether oxygens (including phenoxy) is 5. The molecule has 0 radical (unpaired) electrons. The zero-order chi connectivity index (χ0) is 21.7. The summed E-state index contributed by atoms with van der Waals surface area (Å²) in [6.45, 7) is 7.44. The highest BCUT2D eigenvalue weighted by atomic mass is 16.7. The van der Waals surface area contributed by atoms with E-state index in [0.717, 1.165) is 5.56 Å². The Morgan fingerprint density at radius 1 is 1.30 bits per heavy atom. The highest BCUT2D eigenvalue weighted by molar-refractivity contribution is 6.04. The van der Waals surface area contributed by atoms with Crippen LogP contribution in [0.25, 0.3) is 0 Å². The molecule has 1 heterocycles. The third-order valence-electron chi connectivity index (χ3n) is 6.76. The van der Waals surface area contributed by atoms with Gasteiger partial charge < -0.3 is 23.7 Å². The molecule has 0 unspecified atom stereocenters. The predicted octanol–water partition coefficient (Wildman–Crippen LogP) is 3.14. The Hall–Kier alpha value is -2.80. The fourth-order valence-corrected chi connectivity index (χ4v) is 5.54. The van der Waals surface area contributed by atoms with E-state index in [1.54, 1.807) is 12.2 Å². The van der Waals surface area contributed by atoms with Crippen molar-refractivity contribution in [3.05, 3.63) is 48.3 Å². The summed E-state index contributed by atoms with van der Waals surface area (Å²) in [5.41, 5.74) is -1.32. The van der Waals surface area contributed by atoms with Gasteiger partial charge in [-0.25, -0.2) is 0 Å². The molecule has 7 nitrogen and oxygen atoms in total. The Bertz CT molecular complexity index is 935. The fourth-order valence-electron chi connectivity index (χ4n) is 5.54. The molecule has 0 amide bonds. The second kappa shape index (κ2) is 7.16. The van der Waals surface area contributed by atoms with Gasteiger partial charge in [-0.3, -0.25) is 9.59 Å². The van der Waals surface area contributed by atoms with E-state index in [1.807, 2.05) is 25.1 Å². The van der Waals surface area contributed by atoms with Crippen LogP contribution in [0.15, 0.2) is 42.7 Å². The Kier molecular flexibility index (Phi) is 4.89. The molecule has 1 saturated carbocycles. The van der Waals surface area contributed by atoms with Crippen LogP contribution in [0.2, 0.25) is 0 Å². The number of fused-ring (bicyclic) bond motifs is 3. The van der Waals surface area contributed by atoms with Crippen molar-refractivity contribution < 1.29 is 33.3 Å². The molecule has 1 aromatic carbocycles. The zero-order valence-electron chi connectivity index (χ0n) is 17.6. The molecule has 2 aliphatic carbocycles. The first-order valence-corrected chi connectivity index (χ1v) is 9.90. The number of carbonyl (C=O) groups excluding carboxylic acids is 2. The minimum atomic E-state index is -1.44. The standard InChI is InChI=1S/C23H26O7/c1-6-9-22-11-18(26-4)20(25)23(27-5,21(22)30-14(3)24)19(13(22)2)15-7-8-16-17(10-15)29-12-28-16/h6-8,10-11,13,19,21H,1,9,12H2,2-5H3/t13-,19+,21-,22-,23+/m1/s1. The van der Waals surface area contributed by atoms with Crippen LogP contribution in [-0.4, -0.2) is 44.5 Å². The first-order valence-electron chi connectivity index (χ1n) is 9.90. The van der Waals surface area contributed by atoms with Crippen LogP contribution in [0, 0.1) is 11.3 Å². The summed E-state index contributed by atoms with van der Waals surface area (Å²) in [6.07, 6.45) is 3.22. The fraction of sp³-hybridized carbons (Fsp3) is 0.478. The number of benzene rings is 1. The van der Waals surface area contributed by atoms with E-state index in [-0.39, 0.29) is 24.3 Å². The summed E-state index contributed by atoms with van der Waals surface area (Å²) in [4.78, 5) is 25.8. The smallest absolute Gasteiger partial charge is 0.303 e. The number of carbonyl (C=O) groups is 2. The van der Waals surface area contributed by atoms with Crippen molar-refractivity contribution in [1.29, 1.82) is 0 Å². The van der Waals surface area contributed by atoms with E-state index in [9.17, 15) is 9.59 Å². The molecule has 3 aliphatic rings. The monoisotopic (exact) mass is 414 g/mol. The minimum absolute atomic E-state index is 0.142. The van der Waals surface area contributed by atoms with Crippen LogP contribution < -0.4 is 9.47 Å². The Labute approximate surface area is 175 Å². The van der Waals surface area contributed by atoms with Gasteiger partial charge in [0.25, 0.3) is 0 Å². The molecule has 0 N–H and O–H groups in total. The van der Waals surface area contributed by atoms with Gasteiger partial charge in [-0.15, -0.1) is 6.58 Å². The van der Waals surface area contributed by atoms with Gasteiger partial charge in [0.1, 0.15) is 6.10 Å². The molecule has 0 saturated heterocycles. The Morgan fingerprint density at radius 3 is 2.67 bits per heavy atom. The van der Waals surface area contributed by atoms with Gasteiger partial charge in [0, 0.05) is 25.4 Å². The van der Waals surface area contributed by atoms with Crippen molar-refractivity contribution in [3.8, 4) is 11.5 Å². The predicted molar refractivity (Wildman–Crippen MR) is 107 cm³/mol. The van der Waals surface area contributed by atoms with E-state index >= 15 is 0 Å². The molecule has 0 spiro atoms. The highest BCUT2D eigenvalue weighted by Gasteiger charge is 2.74. The first-order chi connectivity index (χ1) is 14.4. The molecule has 5 atom stereocenters. The average molecular weight is 414 g/mol. The molecule has 30 heavy (non-hydrogen) atoms. The Morgan fingerprint density at radius 2 is 2.03 bits per heavy atom. The first kappa shape index (κ1) is 20.5. The summed E-state index contributed by atoms with van der Waals surface area (Å²) in [6, 6.07) is 5.60. The number of esters is 1. The van der Waals surface area contributed by atoms with Crippen molar-refractivity contribution >= 4 is 11.8 Å². The summed E-state index contributed by atoms with van der Waals surface area (Å²) >= 11 is 0. The third-order valence-corrected chi connectivity index (χ3v) is 6.76. The van der Waals surface area contributed by atoms with Crippen LogP contribution in [-0.2, 0) is 23.8 Å². The van der Waals surface area contributed by atoms with E-state index in [2.05, 4.69) is 6.58 Å². The molecule has 1 aromatic rings. The number of Topliss-reactive ketones (excluding diaryl/α,β-unsaturated/α-hetero) is 1.